The number of sulfone groups is 1. The maximum absolute atomic E-state index is 12.2. The molecule has 0 saturated carbocycles. The monoisotopic (exact) mass is 309 g/mol. The van der Waals surface area contributed by atoms with Gasteiger partial charge >= 0.3 is 0 Å². The summed E-state index contributed by atoms with van der Waals surface area (Å²) < 4.78 is 34.4. The highest BCUT2D eigenvalue weighted by Crippen LogP contribution is 2.19. The van der Waals surface area contributed by atoms with E-state index in [2.05, 4.69) is 5.16 Å². The lowest BCUT2D eigenvalue weighted by molar-refractivity contribution is 0.177. The molecule has 0 amide bonds. The zero-order chi connectivity index (χ0) is 15.3. The lowest BCUT2D eigenvalue weighted by Gasteiger charge is -2.11. The van der Waals surface area contributed by atoms with Crippen molar-refractivity contribution in [2.45, 2.75) is 25.2 Å². The first-order valence-electron chi connectivity index (χ1n) is 6.69. The predicted octanol–water partition coefficient (Wildman–Crippen LogP) is 2.54. The van der Waals surface area contributed by atoms with Gasteiger partial charge in [-0.25, -0.2) is 8.42 Å². The van der Waals surface area contributed by atoms with Crippen molar-refractivity contribution in [3.05, 3.63) is 53.4 Å². The Labute approximate surface area is 124 Å². The summed E-state index contributed by atoms with van der Waals surface area (Å²) in [5.41, 5.74) is 1.61. The molecule has 0 spiro atoms. The lowest BCUT2D eigenvalue weighted by atomic mass is 10.0. The van der Waals surface area contributed by atoms with Gasteiger partial charge in [-0.3, -0.25) is 0 Å². The van der Waals surface area contributed by atoms with Gasteiger partial charge in [0.05, 0.1) is 12.4 Å². The van der Waals surface area contributed by atoms with Crippen LogP contribution in [-0.2, 0) is 26.9 Å². The molecule has 2 aromatic rings. The lowest BCUT2D eigenvalue weighted by Crippen LogP contribution is -2.14. The highest BCUT2D eigenvalue weighted by Gasteiger charge is 2.20. The predicted molar refractivity (Wildman–Crippen MR) is 79.6 cm³/mol. The Kier molecular flexibility index (Phi) is 5.14. The van der Waals surface area contributed by atoms with Gasteiger partial charge in [0, 0.05) is 13.2 Å². The largest absolute Gasteiger partial charge is 0.378 e. The first kappa shape index (κ1) is 15.7. The van der Waals surface area contributed by atoms with Crippen LogP contribution in [0, 0.1) is 0 Å². The molecule has 1 aromatic carbocycles. The number of aromatic nitrogens is 1. The van der Waals surface area contributed by atoms with E-state index in [1.165, 1.54) is 0 Å². The summed E-state index contributed by atoms with van der Waals surface area (Å²) in [6, 6.07) is 11.2. The molecule has 0 N–H and O–H groups in total. The van der Waals surface area contributed by atoms with Crippen molar-refractivity contribution in [2.75, 3.05) is 12.9 Å². The van der Waals surface area contributed by atoms with E-state index in [-0.39, 0.29) is 17.4 Å². The molecule has 1 atom stereocenters. The van der Waals surface area contributed by atoms with Crippen LogP contribution >= 0.6 is 0 Å². The van der Waals surface area contributed by atoms with Crippen molar-refractivity contribution in [1.82, 2.24) is 5.16 Å². The fraction of sp³-hybridized carbons (Fsp3) is 0.400. The first-order chi connectivity index (χ1) is 10.00. The number of benzene rings is 1. The highest BCUT2D eigenvalue weighted by molar-refractivity contribution is 7.90. The van der Waals surface area contributed by atoms with Gasteiger partial charge in [-0.05, 0) is 11.5 Å². The van der Waals surface area contributed by atoms with E-state index in [0.717, 1.165) is 5.56 Å². The van der Waals surface area contributed by atoms with Crippen LogP contribution in [0.3, 0.4) is 0 Å². The topological polar surface area (TPSA) is 69.4 Å². The molecule has 0 bridgehead atoms. The zero-order valence-corrected chi connectivity index (χ0v) is 13.0. The molecule has 0 radical (unpaired) electrons. The fourth-order valence-electron chi connectivity index (χ4n) is 2.17. The minimum atomic E-state index is -3.26. The average Bonchev–Trinajstić information content (AvgIpc) is 2.86. The molecule has 6 heteroatoms. The van der Waals surface area contributed by atoms with Gasteiger partial charge in [0.25, 0.3) is 0 Å². The second kappa shape index (κ2) is 6.87. The summed E-state index contributed by atoms with van der Waals surface area (Å²) in [6.45, 7) is 2.22. The van der Waals surface area contributed by atoms with Crippen molar-refractivity contribution < 1.29 is 17.7 Å². The minimum Gasteiger partial charge on any atom is -0.378 e. The van der Waals surface area contributed by atoms with Gasteiger partial charge in [0.1, 0.15) is 11.4 Å². The summed E-state index contributed by atoms with van der Waals surface area (Å²) >= 11 is 0. The first-order valence-corrected chi connectivity index (χ1v) is 8.51. The van der Waals surface area contributed by atoms with Gasteiger partial charge in [0.15, 0.2) is 15.6 Å². The average molecular weight is 309 g/mol. The molecular weight excluding hydrogens is 290 g/mol. The van der Waals surface area contributed by atoms with E-state index in [0.29, 0.717) is 18.1 Å². The molecule has 1 aromatic heterocycles. The Morgan fingerprint density at radius 2 is 2.00 bits per heavy atom. The fourth-order valence-corrected chi connectivity index (χ4v) is 3.82. The Hall–Kier alpha value is -1.66. The summed E-state index contributed by atoms with van der Waals surface area (Å²) in [5, 5.41) is 3.76. The third-order valence-electron chi connectivity index (χ3n) is 3.13. The van der Waals surface area contributed by atoms with Crippen LogP contribution < -0.4 is 0 Å². The van der Waals surface area contributed by atoms with Crippen molar-refractivity contribution >= 4 is 9.84 Å². The summed E-state index contributed by atoms with van der Waals surface area (Å²) in [7, 11) is -1.71. The van der Waals surface area contributed by atoms with Crippen LogP contribution in [-0.4, -0.2) is 26.4 Å². The Bertz CT molecular complexity index is 664. The SMILES string of the molecule is COCc1cc(CS(=O)(=O)CC(C)c2ccccc2)on1. The number of rotatable bonds is 7. The molecule has 114 valence electrons. The molecule has 2 rings (SSSR count). The zero-order valence-electron chi connectivity index (χ0n) is 12.2. The smallest absolute Gasteiger partial charge is 0.158 e. The molecule has 0 aliphatic heterocycles. The molecule has 0 aliphatic rings. The highest BCUT2D eigenvalue weighted by atomic mass is 32.2. The number of hydrogen-bond donors (Lipinski definition) is 0. The van der Waals surface area contributed by atoms with Gasteiger partial charge in [-0.15, -0.1) is 0 Å². The van der Waals surface area contributed by atoms with Crippen LogP contribution in [0.25, 0.3) is 0 Å². The Morgan fingerprint density at radius 3 is 2.67 bits per heavy atom. The van der Waals surface area contributed by atoms with Crippen molar-refractivity contribution in [1.29, 1.82) is 0 Å². The maximum atomic E-state index is 12.2. The third kappa shape index (κ3) is 4.68. The van der Waals surface area contributed by atoms with E-state index in [1.807, 2.05) is 37.3 Å². The number of methoxy groups -OCH3 is 1. The van der Waals surface area contributed by atoms with Gasteiger partial charge in [-0.1, -0.05) is 42.4 Å². The van der Waals surface area contributed by atoms with E-state index in [9.17, 15) is 8.42 Å². The van der Waals surface area contributed by atoms with Crippen LogP contribution in [0.4, 0.5) is 0 Å². The van der Waals surface area contributed by atoms with E-state index in [1.54, 1.807) is 13.2 Å². The van der Waals surface area contributed by atoms with Gasteiger partial charge < -0.3 is 9.26 Å². The quantitative estimate of drug-likeness (QED) is 0.786. The number of nitrogens with zero attached hydrogens (tertiary/aromatic N) is 1. The summed E-state index contributed by atoms with van der Waals surface area (Å²) in [6.07, 6.45) is 0. The Morgan fingerprint density at radius 1 is 1.29 bits per heavy atom. The molecule has 1 unspecified atom stereocenters. The maximum Gasteiger partial charge on any atom is 0.158 e. The molecule has 21 heavy (non-hydrogen) atoms. The summed E-state index contributed by atoms with van der Waals surface area (Å²) in [5.74, 6) is 0.234. The van der Waals surface area contributed by atoms with E-state index >= 15 is 0 Å². The standard InChI is InChI=1S/C15H19NO4S/c1-12(13-6-4-3-5-7-13)10-21(17,18)11-15-8-14(9-19-2)16-20-15/h3-8,12H,9-11H2,1-2H3. The van der Waals surface area contributed by atoms with Gasteiger partial charge in [0.2, 0.25) is 0 Å². The second-order valence-electron chi connectivity index (χ2n) is 5.08. The Balaban J connectivity index is 2.01. The molecule has 0 fully saturated rings. The van der Waals surface area contributed by atoms with Crippen LogP contribution in [0.2, 0.25) is 0 Å². The van der Waals surface area contributed by atoms with E-state index < -0.39 is 9.84 Å². The summed E-state index contributed by atoms with van der Waals surface area (Å²) in [4.78, 5) is 0. The van der Waals surface area contributed by atoms with E-state index in [4.69, 9.17) is 9.26 Å². The molecular formula is C15H19NO4S. The van der Waals surface area contributed by atoms with Gasteiger partial charge in [-0.2, -0.15) is 0 Å². The molecule has 0 aliphatic carbocycles. The van der Waals surface area contributed by atoms with Crippen LogP contribution in [0.15, 0.2) is 40.9 Å². The second-order valence-corrected chi connectivity index (χ2v) is 7.19. The van der Waals surface area contributed by atoms with Crippen molar-refractivity contribution in [3.8, 4) is 0 Å². The number of ether oxygens (including phenoxy) is 1. The number of hydrogen-bond acceptors (Lipinski definition) is 5. The molecule has 1 heterocycles. The normalized spacial score (nSPS) is 13.2. The molecule has 0 saturated heterocycles. The van der Waals surface area contributed by atoms with Crippen molar-refractivity contribution in [3.63, 3.8) is 0 Å². The molecule has 5 nitrogen and oxygen atoms in total. The van der Waals surface area contributed by atoms with Crippen molar-refractivity contribution in [2.24, 2.45) is 0 Å². The van der Waals surface area contributed by atoms with Crippen LogP contribution in [0.1, 0.15) is 29.9 Å². The van der Waals surface area contributed by atoms with Crippen LogP contribution in [0.5, 0.6) is 0 Å². The minimum absolute atomic E-state index is 0.0578. The third-order valence-corrected chi connectivity index (χ3v) is 4.87.